The Bertz CT molecular complexity index is 1060. The van der Waals surface area contributed by atoms with Gasteiger partial charge in [0.25, 0.3) is 5.91 Å². The normalized spacial score (nSPS) is 11.5. The van der Waals surface area contributed by atoms with Gasteiger partial charge in [-0.25, -0.2) is 8.42 Å². The van der Waals surface area contributed by atoms with Gasteiger partial charge in [0, 0.05) is 10.8 Å². The van der Waals surface area contributed by atoms with Crippen LogP contribution in [0.4, 0.5) is 5.13 Å². The van der Waals surface area contributed by atoms with Crippen molar-refractivity contribution in [2.24, 2.45) is 0 Å². The quantitative estimate of drug-likeness (QED) is 0.295. The summed E-state index contributed by atoms with van der Waals surface area (Å²) in [7, 11) is -3.88. The highest BCUT2D eigenvalue weighted by Gasteiger charge is 2.24. The molecule has 0 aliphatic heterocycles. The van der Waals surface area contributed by atoms with Gasteiger partial charge in [0.1, 0.15) is 0 Å². The van der Waals surface area contributed by atoms with E-state index in [-0.39, 0.29) is 15.7 Å². The van der Waals surface area contributed by atoms with Crippen molar-refractivity contribution in [2.75, 3.05) is 11.1 Å². The molecule has 11 heteroatoms. The maximum Gasteiger partial charge on any atom is 0.293 e. The van der Waals surface area contributed by atoms with Crippen molar-refractivity contribution in [3.8, 4) is 0 Å². The number of furan rings is 1. The summed E-state index contributed by atoms with van der Waals surface area (Å²) in [5, 5.41) is 10.9. The first-order valence-electron chi connectivity index (χ1n) is 8.28. The van der Waals surface area contributed by atoms with E-state index in [9.17, 15) is 13.2 Å². The molecule has 0 unspecified atom stereocenters. The monoisotopic (exact) mass is 457 g/mol. The van der Waals surface area contributed by atoms with Gasteiger partial charge in [-0.3, -0.25) is 10.1 Å². The van der Waals surface area contributed by atoms with E-state index in [1.165, 1.54) is 47.7 Å². The molecule has 7 nitrogen and oxygen atoms in total. The molecule has 0 bridgehead atoms. The number of hydrogen-bond donors (Lipinski definition) is 1. The van der Waals surface area contributed by atoms with Gasteiger partial charge in [-0.05, 0) is 42.8 Å². The van der Waals surface area contributed by atoms with Crippen molar-refractivity contribution in [2.45, 2.75) is 34.1 Å². The van der Waals surface area contributed by atoms with Crippen LogP contribution in [0.3, 0.4) is 0 Å². The maximum absolute atomic E-state index is 12.6. The second-order valence-corrected chi connectivity index (χ2v) is 10.2. The molecule has 0 aliphatic rings. The second-order valence-electron chi connectivity index (χ2n) is 5.61. The van der Waals surface area contributed by atoms with Crippen molar-refractivity contribution in [3.63, 3.8) is 0 Å². The van der Waals surface area contributed by atoms with E-state index >= 15 is 0 Å². The van der Waals surface area contributed by atoms with E-state index in [0.29, 0.717) is 10.2 Å². The standard InChI is InChI=1S/C17H16ClN3O4S3/c1-2-3-10-26-17-21-20-16(27-17)19-15(22)13-8-9-14(25-13)28(23,24)12-6-4-11(18)5-7-12/h4-9H,2-3,10H2,1H3,(H,19,20,22). The summed E-state index contributed by atoms with van der Waals surface area (Å²) >= 11 is 8.61. The molecule has 3 rings (SSSR count). The first-order chi connectivity index (χ1) is 13.4. The van der Waals surface area contributed by atoms with Crippen LogP contribution in [0.5, 0.6) is 0 Å². The average molecular weight is 458 g/mol. The van der Waals surface area contributed by atoms with Crippen LogP contribution in [-0.2, 0) is 9.84 Å². The van der Waals surface area contributed by atoms with Crippen LogP contribution in [0.2, 0.25) is 5.02 Å². The second kappa shape index (κ2) is 9.08. The fourth-order valence-electron chi connectivity index (χ4n) is 2.10. The largest absolute Gasteiger partial charge is 0.439 e. The number of nitrogens with zero attached hydrogens (tertiary/aromatic N) is 2. The molecule has 0 aliphatic carbocycles. The first-order valence-corrected chi connectivity index (χ1v) is 11.9. The number of carbonyl (C=O) groups excluding carboxylic acids is 1. The molecule has 148 valence electrons. The van der Waals surface area contributed by atoms with E-state index in [0.717, 1.165) is 22.9 Å². The van der Waals surface area contributed by atoms with E-state index in [1.54, 1.807) is 11.8 Å². The molecular weight excluding hydrogens is 442 g/mol. The van der Waals surface area contributed by atoms with Gasteiger partial charge in [-0.15, -0.1) is 10.2 Å². The lowest BCUT2D eigenvalue weighted by molar-refractivity contribution is 0.0991. The highest BCUT2D eigenvalue weighted by molar-refractivity contribution is 8.01. The van der Waals surface area contributed by atoms with Gasteiger partial charge < -0.3 is 4.42 Å². The number of halogens is 1. The molecule has 28 heavy (non-hydrogen) atoms. The number of unbranched alkanes of at least 4 members (excludes halogenated alkanes) is 1. The highest BCUT2D eigenvalue weighted by Crippen LogP contribution is 2.27. The highest BCUT2D eigenvalue weighted by atomic mass is 35.5. The molecule has 2 heterocycles. The molecular formula is C17H16ClN3O4S3. The number of aromatic nitrogens is 2. The van der Waals surface area contributed by atoms with Gasteiger partial charge in [0.05, 0.1) is 4.90 Å². The summed E-state index contributed by atoms with van der Waals surface area (Å²) in [5.74, 6) is 0.199. The molecule has 0 fully saturated rings. The number of sulfone groups is 1. The summed E-state index contributed by atoms with van der Waals surface area (Å²) in [5.41, 5.74) is 0. The van der Waals surface area contributed by atoms with Crippen molar-refractivity contribution in [1.29, 1.82) is 0 Å². The van der Waals surface area contributed by atoms with Crippen LogP contribution in [-0.4, -0.2) is 30.3 Å². The third-order valence-electron chi connectivity index (χ3n) is 3.54. The minimum absolute atomic E-state index is 0.0241. The molecule has 1 aromatic carbocycles. The van der Waals surface area contributed by atoms with Crippen molar-refractivity contribution < 1.29 is 17.6 Å². The molecule has 1 N–H and O–H groups in total. The molecule has 0 atom stereocenters. The number of hydrogen-bond acceptors (Lipinski definition) is 8. The molecule has 0 saturated carbocycles. The first kappa shape index (κ1) is 20.8. The summed E-state index contributed by atoms with van der Waals surface area (Å²) in [6.07, 6.45) is 2.17. The van der Waals surface area contributed by atoms with Gasteiger partial charge in [0.15, 0.2) is 10.1 Å². The maximum atomic E-state index is 12.6. The Morgan fingerprint density at radius 3 is 2.68 bits per heavy atom. The number of nitrogens with one attached hydrogen (secondary N) is 1. The number of benzene rings is 1. The van der Waals surface area contributed by atoms with E-state index in [1.807, 2.05) is 0 Å². The van der Waals surface area contributed by atoms with Crippen LogP contribution in [0.15, 0.2) is 55.1 Å². The molecule has 1 amide bonds. The molecule has 0 spiro atoms. The van der Waals surface area contributed by atoms with Crippen molar-refractivity contribution in [1.82, 2.24) is 10.2 Å². The van der Waals surface area contributed by atoms with Crippen LogP contribution >= 0.6 is 34.7 Å². The predicted molar refractivity (Wildman–Crippen MR) is 109 cm³/mol. The zero-order chi connectivity index (χ0) is 20.1. The minimum Gasteiger partial charge on any atom is -0.439 e. The molecule has 3 aromatic rings. The van der Waals surface area contributed by atoms with E-state index < -0.39 is 15.7 Å². The van der Waals surface area contributed by atoms with E-state index in [2.05, 4.69) is 22.4 Å². The lowest BCUT2D eigenvalue weighted by atomic mass is 10.4. The zero-order valence-electron chi connectivity index (χ0n) is 14.7. The van der Waals surface area contributed by atoms with Crippen LogP contribution in [0, 0.1) is 0 Å². The minimum atomic E-state index is -3.88. The fourth-order valence-corrected chi connectivity index (χ4v) is 5.30. The van der Waals surface area contributed by atoms with Crippen LogP contribution in [0.25, 0.3) is 0 Å². The van der Waals surface area contributed by atoms with Crippen molar-refractivity contribution in [3.05, 3.63) is 47.2 Å². The number of thioether (sulfide) groups is 1. The number of anilines is 1. The Kier molecular flexibility index (Phi) is 6.76. The summed E-state index contributed by atoms with van der Waals surface area (Å²) in [6, 6.07) is 8.23. The Hall–Kier alpha value is -1.88. The van der Waals surface area contributed by atoms with Crippen LogP contribution < -0.4 is 5.32 Å². The SMILES string of the molecule is CCCCSc1nnc(NC(=O)c2ccc(S(=O)(=O)c3ccc(Cl)cc3)o2)s1. The van der Waals surface area contributed by atoms with Gasteiger partial charge in [-0.2, -0.15) is 0 Å². The lowest BCUT2D eigenvalue weighted by Crippen LogP contribution is -2.10. The summed E-state index contributed by atoms with van der Waals surface area (Å²) in [6.45, 7) is 2.11. The lowest BCUT2D eigenvalue weighted by Gasteiger charge is -2.01. The molecule has 0 saturated heterocycles. The Morgan fingerprint density at radius 2 is 1.96 bits per heavy atom. The van der Waals surface area contributed by atoms with Crippen LogP contribution in [0.1, 0.15) is 30.3 Å². The Balaban J connectivity index is 1.69. The number of amides is 1. The summed E-state index contributed by atoms with van der Waals surface area (Å²) in [4.78, 5) is 12.3. The third kappa shape index (κ3) is 4.93. The summed E-state index contributed by atoms with van der Waals surface area (Å²) < 4.78 is 31.2. The zero-order valence-corrected chi connectivity index (χ0v) is 17.9. The Labute approximate surface area is 175 Å². The topological polar surface area (TPSA) is 102 Å². The average Bonchev–Trinajstić information content (AvgIpc) is 3.32. The fraction of sp³-hybridized carbons (Fsp3) is 0.235. The molecule has 0 radical (unpaired) electrons. The molecule has 2 aromatic heterocycles. The van der Waals surface area contributed by atoms with Gasteiger partial charge >= 0.3 is 0 Å². The van der Waals surface area contributed by atoms with Gasteiger partial charge in [-0.1, -0.05) is 48.0 Å². The van der Waals surface area contributed by atoms with Gasteiger partial charge in [0.2, 0.25) is 20.1 Å². The number of carbonyl (C=O) groups is 1. The Morgan fingerprint density at radius 1 is 1.21 bits per heavy atom. The van der Waals surface area contributed by atoms with Crippen molar-refractivity contribution >= 4 is 55.6 Å². The predicted octanol–water partition coefficient (Wildman–Crippen LogP) is 4.76. The third-order valence-corrected chi connectivity index (χ3v) is 7.50. The van der Waals surface area contributed by atoms with E-state index in [4.69, 9.17) is 16.0 Å². The number of rotatable bonds is 8. The smallest absolute Gasteiger partial charge is 0.293 e.